The summed E-state index contributed by atoms with van der Waals surface area (Å²) < 4.78 is 8.17. The van der Waals surface area contributed by atoms with E-state index in [4.69, 9.17) is 33.0 Å². The van der Waals surface area contributed by atoms with E-state index in [2.05, 4.69) is 0 Å². The number of nitrogens with zero attached hydrogens (tertiary/aromatic N) is 3. The highest BCUT2D eigenvalue weighted by Gasteiger charge is 2.30. The average molecular weight is 506 g/mol. The molecule has 0 radical (unpaired) electrons. The fraction of sp³-hybridized carbons (Fsp3) is 0.214. The van der Waals surface area contributed by atoms with Crippen molar-refractivity contribution in [1.29, 1.82) is 0 Å². The predicted molar refractivity (Wildman–Crippen MR) is 139 cm³/mol. The predicted octanol–water partition coefficient (Wildman–Crippen LogP) is 7.33. The van der Waals surface area contributed by atoms with Crippen LogP contribution in [0.15, 0.2) is 78.9 Å². The summed E-state index contributed by atoms with van der Waals surface area (Å²) in [6.45, 7) is 2.97. The lowest BCUT2D eigenvalue weighted by Gasteiger charge is -2.24. The molecule has 0 unspecified atom stereocenters. The molecule has 4 aromatic rings. The largest absolute Gasteiger partial charge is 0.439 e. The molecule has 35 heavy (non-hydrogen) atoms. The van der Waals surface area contributed by atoms with Crippen molar-refractivity contribution in [2.45, 2.75) is 26.3 Å². The monoisotopic (exact) mass is 505 g/mol. The highest BCUT2D eigenvalue weighted by Crippen LogP contribution is 2.35. The van der Waals surface area contributed by atoms with Crippen LogP contribution in [0, 0.1) is 12.8 Å². The quantitative estimate of drug-likeness (QED) is 0.251. The lowest BCUT2D eigenvalue weighted by molar-refractivity contribution is 0.0734. The highest BCUT2D eigenvalue weighted by molar-refractivity contribution is 6.33. The van der Waals surface area contributed by atoms with Gasteiger partial charge >= 0.3 is 0 Å². The van der Waals surface area contributed by atoms with Gasteiger partial charge in [-0.2, -0.15) is 5.10 Å². The molecule has 1 fully saturated rings. The molecule has 0 N–H and O–H groups in total. The van der Waals surface area contributed by atoms with Crippen LogP contribution in [0.25, 0.3) is 5.69 Å². The Morgan fingerprint density at radius 3 is 2.37 bits per heavy atom. The third-order valence-corrected chi connectivity index (χ3v) is 6.66. The van der Waals surface area contributed by atoms with Gasteiger partial charge in [-0.15, -0.1) is 0 Å². The SMILES string of the molecule is Cc1nn(-c2ccccc2)c(Oc2ccc(Cl)cc2)c1CN(CC1CC1)C(=O)c1ccccc1Cl. The fourth-order valence-electron chi connectivity index (χ4n) is 4.01. The number of aromatic nitrogens is 2. The van der Waals surface area contributed by atoms with Crippen molar-refractivity contribution in [3.63, 3.8) is 0 Å². The Bertz CT molecular complexity index is 1330. The minimum Gasteiger partial charge on any atom is -0.439 e. The van der Waals surface area contributed by atoms with Crippen LogP contribution in [0.4, 0.5) is 0 Å². The molecule has 5 nitrogen and oxygen atoms in total. The first-order valence-corrected chi connectivity index (χ1v) is 12.4. The topological polar surface area (TPSA) is 47.4 Å². The van der Waals surface area contributed by atoms with E-state index in [0.717, 1.165) is 29.8 Å². The van der Waals surface area contributed by atoms with E-state index >= 15 is 0 Å². The molecule has 5 rings (SSSR count). The number of hydrogen-bond donors (Lipinski definition) is 0. The molecule has 178 valence electrons. The molecule has 1 aliphatic carbocycles. The van der Waals surface area contributed by atoms with E-state index in [-0.39, 0.29) is 5.91 Å². The Labute approximate surface area is 214 Å². The van der Waals surface area contributed by atoms with Crippen molar-refractivity contribution in [1.82, 2.24) is 14.7 Å². The number of carbonyl (C=O) groups excluding carboxylic acids is 1. The van der Waals surface area contributed by atoms with Gasteiger partial charge in [0.2, 0.25) is 5.88 Å². The van der Waals surface area contributed by atoms with Gasteiger partial charge in [0.1, 0.15) is 5.75 Å². The summed E-state index contributed by atoms with van der Waals surface area (Å²) in [4.78, 5) is 15.5. The van der Waals surface area contributed by atoms with E-state index in [1.54, 1.807) is 28.9 Å². The maximum atomic E-state index is 13.6. The van der Waals surface area contributed by atoms with Gasteiger partial charge in [-0.3, -0.25) is 4.79 Å². The summed E-state index contributed by atoms with van der Waals surface area (Å²) in [6.07, 6.45) is 2.26. The van der Waals surface area contributed by atoms with Gasteiger partial charge in [-0.05, 0) is 74.2 Å². The Kier molecular flexibility index (Phi) is 6.80. The fourth-order valence-corrected chi connectivity index (χ4v) is 4.35. The third-order valence-electron chi connectivity index (χ3n) is 6.08. The van der Waals surface area contributed by atoms with Crippen molar-refractivity contribution in [3.8, 4) is 17.3 Å². The van der Waals surface area contributed by atoms with Gasteiger partial charge in [0.25, 0.3) is 5.91 Å². The maximum absolute atomic E-state index is 13.6. The number of rotatable bonds is 8. The number of halogens is 2. The van der Waals surface area contributed by atoms with Crippen LogP contribution in [0.2, 0.25) is 10.0 Å². The molecular weight excluding hydrogens is 481 g/mol. The summed E-state index contributed by atoms with van der Waals surface area (Å²) >= 11 is 12.5. The van der Waals surface area contributed by atoms with E-state index in [9.17, 15) is 4.79 Å². The molecule has 0 saturated heterocycles. The summed E-state index contributed by atoms with van der Waals surface area (Å²) in [5.74, 6) is 1.63. The first kappa shape index (κ1) is 23.5. The van der Waals surface area contributed by atoms with Crippen molar-refractivity contribution >= 4 is 29.1 Å². The minimum atomic E-state index is -0.0909. The Morgan fingerprint density at radius 1 is 1.00 bits per heavy atom. The Morgan fingerprint density at radius 2 is 1.69 bits per heavy atom. The van der Waals surface area contributed by atoms with Crippen molar-refractivity contribution < 1.29 is 9.53 Å². The first-order valence-electron chi connectivity index (χ1n) is 11.6. The zero-order chi connectivity index (χ0) is 24.4. The second kappa shape index (κ2) is 10.1. The summed E-state index contributed by atoms with van der Waals surface area (Å²) in [7, 11) is 0. The molecule has 7 heteroatoms. The van der Waals surface area contributed by atoms with Gasteiger partial charge in [0.15, 0.2) is 0 Å². The molecule has 0 atom stereocenters. The molecular formula is C28H25Cl2N3O2. The zero-order valence-corrected chi connectivity index (χ0v) is 20.8. The molecule has 1 aliphatic rings. The number of hydrogen-bond acceptors (Lipinski definition) is 3. The number of carbonyl (C=O) groups is 1. The first-order chi connectivity index (χ1) is 17.0. The highest BCUT2D eigenvalue weighted by atomic mass is 35.5. The Hall–Kier alpha value is -3.28. The zero-order valence-electron chi connectivity index (χ0n) is 19.3. The van der Waals surface area contributed by atoms with Gasteiger partial charge < -0.3 is 9.64 Å². The lowest BCUT2D eigenvalue weighted by atomic mass is 10.1. The molecule has 1 aromatic heterocycles. The van der Waals surface area contributed by atoms with Crippen molar-refractivity contribution in [2.75, 3.05) is 6.54 Å². The normalized spacial score (nSPS) is 13.0. The standard InChI is InChI=1S/C28H25Cl2N3O2/c1-19-25(18-32(17-20-11-12-20)27(34)24-9-5-6-10-26(24)30)28(35-23-15-13-21(29)14-16-23)33(31-19)22-7-3-2-4-8-22/h2-10,13-16,20H,11-12,17-18H2,1H3. The number of ether oxygens (including phenoxy) is 1. The van der Waals surface area contributed by atoms with Gasteiger partial charge in [0, 0.05) is 11.6 Å². The second-order valence-corrected chi connectivity index (χ2v) is 9.62. The number of amides is 1. The van der Waals surface area contributed by atoms with Gasteiger partial charge in [0.05, 0.1) is 34.1 Å². The van der Waals surface area contributed by atoms with E-state index in [1.807, 2.05) is 66.4 Å². The van der Waals surface area contributed by atoms with Crippen LogP contribution >= 0.6 is 23.2 Å². The molecule has 0 spiro atoms. The summed E-state index contributed by atoms with van der Waals surface area (Å²) in [5.41, 5.74) is 3.02. The number of para-hydroxylation sites is 1. The van der Waals surface area contributed by atoms with E-state index in [0.29, 0.717) is 46.2 Å². The van der Waals surface area contributed by atoms with E-state index < -0.39 is 0 Å². The maximum Gasteiger partial charge on any atom is 0.255 e. The molecule has 0 aliphatic heterocycles. The molecule has 3 aromatic carbocycles. The summed E-state index contributed by atoms with van der Waals surface area (Å²) in [5, 5.41) is 5.88. The smallest absolute Gasteiger partial charge is 0.255 e. The van der Waals surface area contributed by atoms with Crippen LogP contribution in [0.5, 0.6) is 11.6 Å². The van der Waals surface area contributed by atoms with E-state index in [1.165, 1.54) is 0 Å². The minimum absolute atomic E-state index is 0.0909. The number of aryl methyl sites for hydroxylation is 1. The lowest BCUT2D eigenvalue weighted by Crippen LogP contribution is -2.33. The van der Waals surface area contributed by atoms with Gasteiger partial charge in [-0.1, -0.05) is 53.5 Å². The average Bonchev–Trinajstić information content (AvgIpc) is 3.64. The number of benzene rings is 3. The van der Waals surface area contributed by atoms with Crippen LogP contribution in [-0.2, 0) is 6.54 Å². The van der Waals surface area contributed by atoms with Crippen molar-refractivity contribution in [2.24, 2.45) is 5.92 Å². The summed E-state index contributed by atoms with van der Waals surface area (Å²) in [6, 6.07) is 24.2. The Balaban J connectivity index is 1.55. The molecule has 0 bridgehead atoms. The van der Waals surface area contributed by atoms with Crippen LogP contribution in [-0.4, -0.2) is 27.1 Å². The molecule has 1 heterocycles. The van der Waals surface area contributed by atoms with Crippen LogP contribution < -0.4 is 4.74 Å². The van der Waals surface area contributed by atoms with Crippen LogP contribution in [0.1, 0.15) is 34.5 Å². The van der Waals surface area contributed by atoms with Crippen molar-refractivity contribution in [3.05, 3.63) is 106 Å². The molecule has 1 saturated carbocycles. The van der Waals surface area contributed by atoms with Gasteiger partial charge in [-0.25, -0.2) is 4.68 Å². The third kappa shape index (κ3) is 5.37. The van der Waals surface area contributed by atoms with Crippen LogP contribution in [0.3, 0.4) is 0 Å². The second-order valence-electron chi connectivity index (χ2n) is 8.78. The molecule has 1 amide bonds.